The summed E-state index contributed by atoms with van der Waals surface area (Å²) in [6, 6.07) is 9.42. The van der Waals surface area contributed by atoms with Crippen molar-refractivity contribution >= 4 is 23.4 Å². The van der Waals surface area contributed by atoms with Gasteiger partial charge < -0.3 is 10.8 Å². The number of aryl methyl sites for hydroxylation is 1. The van der Waals surface area contributed by atoms with Gasteiger partial charge in [0, 0.05) is 4.90 Å². The summed E-state index contributed by atoms with van der Waals surface area (Å²) in [5, 5.41) is 9.60. The number of hydrogen-bond acceptors (Lipinski definition) is 4. The Morgan fingerprint density at radius 1 is 1.39 bits per heavy atom. The molecule has 92 valence electrons. The molecule has 4 nitrogen and oxygen atoms in total. The molecule has 0 saturated carbocycles. The van der Waals surface area contributed by atoms with Crippen LogP contribution in [-0.2, 0) is 0 Å². The van der Waals surface area contributed by atoms with E-state index in [4.69, 9.17) is 10.8 Å². The highest BCUT2D eigenvalue weighted by molar-refractivity contribution is 7.99. The van der Waals surface area contributed by atoms with Gasteiger partial charge in [-0.3, -0.25) is 0 Å². The third kappa shape index (κ3) is 2.81. The minimum absolute atomic E-state index is 0.0835. The summed E-state index contributed by atoms with van der Waals surface area (Å²) in [6.45, 7) is 2.00. The number of nitrogens with zero attached hydrogens (tertiary/aromatic N) is 1. The number of anilines is 1. The van der Waals surface area contributed by atoms with Gasteiger partial charge in [-0.05, 0) is 25.1 Å². The third-order valence-electron chi connectivity index (χ3n) is 2.35. The van der Waals surface area contributed by atoms with Gasteiger partial charge in [0.25, 0.3) is 0 Å². The quantitative estimate of drug-likeness (QED) is 0.887. The van der Waals surface area contributed by atoms with Gasteiger partial charge in [0.05, 0.1) is 17.4 Å². The number of aromatic nitrogens is 1. The van der Waals surface area contributed by atoms with Crippen molar-refractivity contribution in [3.8, 4) is 0 Å². The first-order valence-corrected chi connectivity index (χ1v) is 6.11. The lowest BCUT2D eigenvalue weighted by Gasteiger charge is -2.05. The lowest BCUT2D eigenvalue weighted by molar-refractivity contribution is 0.0697. The maximum Gasteiger partial charge on any atom is 0.337 e. The van der Waals surface area contributed by atoms with Gasteiger partial charge in [0.15, 0.2) is 0 Å². The molecule has 0 aliphatic rings. The van der Waals surface area contributed by atoms with Crippen LogP contribution in [0.25, 0.3) is 0 Å². The van der Waals surface area contributed by atoms with Crippen LogP contribution in [0.1, 0.15) is 15.9 Å². The van der Waals surface area contributed by atoms with E-state index in [0.717, 1.165) is 10.5 Å². The second-order valence-electron chi connectivity index (χ2n) is 3.83. The summed E-state index contributed by atoms with van der Waals surface area (Å²) in [5.74, 6) is -1.04. The van der Waals surface area contributed by atoms with E-state index in [1.54, 1.807) is 0 Å². The fraction of sp³-hybridized carbons (Fsp3) is 0.0769. The summed E-state index contributed by atoms with van der Waals surface area (Å²) >= 11 is 1.41. The van der Waals surface area contributed by atoms with Gasteiger partial charge in [-0.1, -0.05) is 29.5 Å². The highest BCUT2D eigenvalue weighted by atomic mass is 32.2. The first-order valence-electron chi connectivity index (χ1n) is 5.29. The Kier molecular flexibility index (Phi) is 3.53. The summed E-state index contributed by atoms with van der Waals surface area (Å²) < 4.78 is 0. The molecular weight excluding hydrogens is 248 g/mol. The molecule has 0 fully saturated rings. The zero-order valence-corrected chi connectivity index (χ0v) is 10.6. The topological polar surface area (TPSA) is 76.2 Å². The number of benzene rings is 1. The predicted octanol–water partition coefficient (Wildman–Crippen LogP) is 2.82. The van der Waals surface area contributed by atoms with E-state index in [9.17, 15) is 4.79 Å². The molecule has 3 N–H and O–H groups in total. The first kappa shape index (κ1) is 12.4. The first-order chi connectivity index (χ1) is 8.56. The Morgan fingerprint density at radius 3 is 2.83 bits per heavy atom. The van der Waals surface area contributed by atoms with Crippen molar-refractivity contribution in [3.63, 3.8) is 0 Å². The second kappa shape index (κ2) is 5.10. The van der Waals surface area contributed by atoms with E-state index in [-0.39, 0.29) is 11.3 Å². The second-order valence-corrected chi connectivity index (χ2v) is 4.93. The lowest BCUT2D eigenvalue weighted by Crippen LogP contribution is -2.03. The molecule has 5 heteroatoms. The van der Waals surface area contributed by atoms with Crippen molar-refractivity contribution in [3.05, 3.63) is 47.7 Å². The molecule has 0 spiro atoms. The van der Waals surface area contributed by atoms with E-state index < -0.39 is 5.97 Å². The SMILES string of the molecule is Cc1cccc(Sc2cc(C(=O)O)c(N)cn2)c1. The van der Waals surface area contributed by atoms with E-state index in [0.29, 0.717) is 5.03 Å². The molecule has 2 aromatic rings. The smallest absolute Gasteiger partial charge is 0.337 e. The van der Waals surface area contributed by atoms with Crippen molar-refractivity contribution < 1.29 is 9.90 Å². The minimum Gasteiger partial charge on any atom is -0.478 e. The van der Waals surface area contributed by atoms with Crippen LogP contribution in [0.15, 0.2) is 46.5 Å². The zero-order valence-electron chi connectivity index (χ0n) is 9.75. The Labute approximate surface area is 109 Å². The molecule has 18 heavy (non-hydrogen) atoms. The van der Waals surface area contributed by atoms with E-state index in [2.05, 4.69) is 4.98 Å². The Balaban J connectivity index is 2.30. The van der Waals surface area contributed by atoms with E-state index in [1.165, 1.54) is 24.0 Å². The van der Waals surface area contributed by atoms with Crippen LogP contribution in [0.5, 0.6) is 0 Å². The maximum absolute atomic E-state index is 11.0. The van der Waals surface area contributed by atoms with Crippen LogP contribution in [-0.4, -0.2) is 16.1 Å². The number of carboxylic acid groups (broad SMARTS) is 1. The molecule has 0 bridgehead atoms. The number of rotatable bonds is 3. The fourth-order valence-electron chi connectivity index (χ4n) is 1.49. The minimum atomic E-state index is -1.04. The van der Waals surface area contributed by atoms with Crippen molar-refractivity contribution in [2.45, 2.75) is 16.8 Å². The third-order valence-corrected chi connectivity index (χ3v) is 3.27. The molecule has 1 aromatic heterocycles. The van der Waals surface area contributed by atoms with Gasteiger partial charge in [0.1, 0.15) is 5.03 Å². The van der Waals surface area contributed by atoms with Gasteiger partial charge in [0.2, 0.25) is 0 Å². The number of aromatic carboxylic acids is 1. The predicted molar refractivity (Wildman–Crippen MR) is 70.9 cm³/mol. The summed E-state index contributed by atoms with van der Waals surface area (Å²) in [6.07, 6.45) is 1.38. The number of hydrogen-bond donors (Lipinski definition) is 2. The summed E-state index contributed by atoms with van der Waals surface area (Å²) in [5.41, 5.74) is 6.96. The molecule has 0 unspecified atom stereocenters. The van der Waals surface area contributed by atoms with E-state index in [1.807, 2.05) is 31.2 Å². The average molecular weight is 260 g/mol. The van der Waals surface area contributed by atoms with Gasteiger partial charge in [-0.25, -0.2) is 9.78 Å². The van der Waals surface area contributed by atoms with Crippen LogP contribution >= 0.6 is 11.8 Å². The van der Waals surface area contributed by atoms with Crippen LogP contribution in [0.4, 0.5) is 5.69 Å². The number of nitrogens with two attached hydrogens (primary N) is 1. The number of carbonyl (C=O) groups is 1. The number of pyridine rings is 1. The number of carboxylic acids is 1. The monoisotopic (exact) mass is 260 g/mol. The van der Waals surface area contributed by atoms with Gasteiger partial charge in [-0.2, -0.15) is 0 Å². The van der Waals surface area contributed by atoms with E-state index >= 15 is 0 Å². The van der Waals surface area contributed by atoms with Crippen LogP contribution in [0.2, 0.25) is 0 Å². The fourth-order valence-corrected chi connectivity index (χ4v) is 2.40. The standard InChI is InChI=1S/C13H12N2O2S/c1-8-3-2-4-9(5-8)18-12-6-10(13(16)17)11(14)7-15-12/h2-7H,14H2,1H3,(H,16,17). The molecule has 0 atom stereocenters. The van der Waals surface area contributed by atoms with Crippen molar-refractivity contribution in [1.29, 1.82) is 0 Å². The van der Waals surface area contributed by atoms with Crippen molar-refractivity contribution in [1.82, 2.24) is 4.98 Å². The van der Waals surface area contributed by atoms with Crippen molar-refractivity contribution in [2.24, 2.45) is 0 Å². The molecule has 1 aromatic carbocycles. The van der Waals surface area contributed by atoms with Crippen LogP contribution in [0, 0.1) is 6.92 Å². The normalized spacial score (nSPS) is 10.3. The van der Waals surface area contributed by atoms with Crippen LogP contribution < -0.4 is 5.73 Å². The zero-order chi connectivity index (χ0) is 13.1. The Morgan fingerprint density at radius 2 is 2.17 bits per heavy atom. The Hall–Kier alpha value is -2.01. The molecule has 0 aliphatic heterocycles. The average Bonchev–Trinajstić information content (AvgIpc) is 2.31. The molecule has 0 amide bonds. The molecule has 0 saturated heterocycles. The number of nitrogen functional groups attached to an aromatic ring is 1. The molecule has 0 radical (unpaired) electrons. The highest BCUT2D eigenvalue weighted by Gasteiger charge is 2.10. The molecule has 1 heterocycles. The lowest BCUT2D eigenvalue weighted by atomic mass is 10.2. The largest absolute Gasteiger partial charge is 0.478 e. The van der Waals surface area contributed by atoms with Gasteiger partial charge >= 0.3 is 5.97 Å². The summed E-state index contributed by atoms with van der Waals surface area (Å²) in [7, 11) is 0. The van der Waals surface area contributed by atoms with Crippen LogP contribution in [0.3, 0.4) is 0 Å². The van der Waals surface area contributed by atoms with Gasteiger partial charge in [-0.15, -0.1) is 0 Å². The highest BCUT2D eigenvalue weighted by Crippen LogP contribution is 2.28. The molecule has 2 rings (SSSR count). The summed E-state index contributed by atoms with van der Waals surface area (Å²) in [4.78, 5) is 16.1. The Bertz CT molecular complexity index is 599. The molecular formula is C13H12N2O2S. The van der Waals surface area contributed by atoms with Crippen molar-refractivity contribution in [2.75, 3.05) is 5.73 Å². The maximum atomic E-state index is 11.0. The molecule has 0 aliphatic carbocycles.